The van der Waals surface area contributed by atoms with Crippen molar-refractivity contribution >= 4 is 17.0 Å². The van der Waals surface area contributed by atoms with Crippen LogP contribution in [0.4, 0.5) is 0 Å². The number of rotatable bonds is 7. The Bertz CT molecular complexity index is 2000. The molecule has 0 bridgehead atoms. The van der Waals surface area contributed by atoms with Gasteiger partial charge in [0.2, 0.25) is 0 Å². The molecule has 0 radical (unpaired) electrons. The van der Waals surface area contributed by atoms with Crippen molar-refractivity contribution < 1.29 is 4.42 Å². The number of hydrogen-bond acceptors (Lipinski definition) is 3. The van der Waals surface area contributed by atoms with E-state index in [1.54, 1.807) is 0 Å². The van der Waals surface area contributed by atoms with Gasteiger partial charge in [0.15, 0.2) is 0 Å². The Kier molecular flexibility index (Phi) is 6.93. The van der Waals surface area contributed by atoms with Crippen LogP contribution in [0.2, 0.25) is 0 Å². The minimum absolute atomic E-state index is 0.311. The van der Waals surface area contributed by atoms with Crippen LogP contribution in [0.25, 0.3) is 17.0 Å². The van der Waals surface area contributed by atoms with E-state index in [0.29, 0.717) is 53.5 Å². The molecule has 242 valence electrons. The van der Waals surface area contributed by atoms with E-state index in [2.05, 4.69) is 127 Å². The normalized spacial score (nSPS) is 33.8. The lowest BCUT2D eigenvalue weighted by Gasteiger charge is -2.41. The predicted molar refractivity (Wildman–Crippen MR) is 197 cm³/mol. The summed E-state index contributed by atoms with van der Waals surface area (Å²) >= 11 is 0. The largest absolute Gasteiger partial charge is 0.460 e. The van der Waals surface area contributed by atoms with Crippen LogP contribution in [-0.2, 0) is 0 Å². The molecule has 9 atom stereocenters. The molecule has 1 aliphatic heterocycles. The second-order valence-corrected chi connectivity index (χ2v) is 15.4. The fourth-order valence-electron chi connectivity index (χ4n) is 10.3. The molecule has 0 saturated heterocycles. The number of furan rings is 1. The summed E-state index contributed by atoms with van der Waals surface area (Å²) in [6, 6.07) is 17.7. The Balaban J connectivity index is 0.899. The van der Waals surface area contributed by atoms with E-state index in [9.17, 15) is 0 Å². The topological polar surface area (TPSA) is 37.2 Å². The summed E-state index contributed by atoms with van der Waals surface area (Å²) in [4.78, 5) is 0. The first-order valence-electron chi connectivity index (χ1n) is 18.7. The summed E-state index contributed by atoms with van der Waals surface area (Å²) < 4.78 is 6.86. The number of nitrogens with one attached hydrogen (secondary N) is 2. The quantitative estimate of drug-likeness (QED) is 0.273. The molecule has 2 aromatic carbocycles. The molecule has 10 rings (SSSR count). The summed E-state index contributed by atoms with van der Waals surface area (Å²) in [6.45, 7) is 3.40. The molecular weight excluding hydrogens is 585 g/mol. The number of hydrogen-bond donors (Lipinski definition) is 2. The van der Waals surface area contributed by atoms with Crippen LogP contribution in [0, 0.1) is 17.8 Å². The minimum atomic E-state index is 0.311. The van der Waals surface area contributed by atoms with Gasteiger partial charge >= 0.3 is 0 Å². The highest BCUT2D eigenvalue weighted by Crippen LogP contribution is 2.65. The zero-order valence-corrected chi connectivity index (χ0v) is 27.9. The van der Waals surface area contributed by atoms with Crippen LogP contribution in [-0.4, -0.2) is 18.6 Å². The average molecular weight is 631 g/mol. The van der Waals surface area contributed by atoms with Crippen LogP contribution in [0.5, 0.6) is 0 Å². The zero-order chi connectivity index (χ0) is 31.8. The van der Waals surface area contributed by atoms with Gasteiger partial charge in [0.05, 0.1) is 6.04 Å². The van der Waals surface area contributed by atoms with Gasteiger partial charge in [0, 0.05) is 40.4 Å². The van der Waals surface area contributed by atoms with Crippen LogP contribution < -0.4 is 10.6 Å². The highest BCUT2D eigenvalue weighted by atomic mass is 16.3. The molecule has 7 aliphatic rings. The van der Waals surface area contributed by atoms with E-state index in [1.807, 2.05) is 0 Å². The van der Waals surface area contributed by atoms with Crippen molar-refractivity contribution in [3.63, 3.8) is 0 Å². The summed E-state index contributed by atoms with van der Waals surface area (Å²) in [7, 11) is 0. The van der Waals surface area contributed by atoms with Gasteiger partial charge < -0.3 is 15.1 Å². The highest BCUT2D eigenvalue weighted by molar-refractivity contribution is 5.90. The van der Waals surface area contributed by atoms with Crippen LogP contribution >= 0.6 is 0 Å². The van der Waals surface area contributed by atoms with Crippen molar-refractivity contribution in [1.82, 2.24) is 10.6 Å². The van der Waals surface area contributed by atoms with Gasteiger partial charge in [-0.3, -0.25) is 0 Å². The smallest absolute Gasteiger partial charge is 0.135 e. The molecule has 2 saturated carbocycles. The van der Waals surface area contributed by atoms with E-state index < -0.39 is 0 Å². The maximum absolute atomic E-state index is 6.86. The molecule has 9 unspecified atom stereocenters. The van der Waals surface area contributed by atoms with Crippen LogP contribution in [0.15, 0.2) is 124 Å². The lowest BCUT2D eigenvalue weighted by atomic mass is 9.68. The van der Waals surface area contributed by atoms with Gasteiger partial charge in [0.1, 0.15) is 11.3 Å². The molecule has 3 heteroatoms. The summed E-state index contributed by atoms with van der Waals surface area (Å²) in [5.41, 5.74) is 11.0. The molecule has 2 N–H and O–H groups in total. The first-order valence-corrected chi connectivity index (χ1v) is 18.7. The monoisotopic (exact) mass is 630 g/mol. The molecule has 48 heavy (non-hydrogen) atoms. The Morgan fingerprint density at radius 2 is 1.81 bits per heavy atom. The van der Waals surface area contributed by atoms with Crippen molar-refractivity contribution in [2.75, 3.05) is 6.54 Å². The number of fused-ring (bicyclic) bond motifs is 7. The van der Waals surface area contributed by atoms with Gasteiger partial charge in [-0.2, -0.15) is 0 Å². The maximum atomic E-state index is 6.86. The number of allylic oxidation sites excluding steroid dienone is 9. The Hall–Kier alpha value is -4.08. The van der Waals surface area contributed by atoms with Gasteiger partial charge in [0.25, 0.3) is 0 Å². The van der Waals surface area contributed by atoms with Gasteiger partial charge in [-0.1, -0.05) is 110 Å². The molecule has 1 aromatic heterocycles. The Morgan fingerprint density at radius 3 is 2.73 bits per heavy atom. The lowest BCUT2D eigenvalue weighted by molar-refractivity contribution is 0.193. The molecular formula is C45H46N2O. The van der Waals surface area contributed by atoms with Gasteiger partial charge in [-0.15, -0.1) is 0 Å². The molecule has 6 aliphatic carbocycles. The van der Waals surface area contributed by atoms with Crippen molar-refractivity contribution in [3.05, 3.63) is 148 Å². The number of benzene rings is 2. The van der Waals surface area contributed by atoms with Crippen molar-refractivity contribution in [3.8, 4) is 0 Å². The zero-order valence-electron chi connectivity index (χ0n) is 27.9. The maximum Gasteiger partial charge on any atom is 0.135 e. The van der Waals surface area contributed by atoms with Crippen LogP contribution in [0.3, 0.4) is 0 Å². The van der Waals surface area contributed by atoms with Gasteiger partial charge in [-0.25, -0.2) is 0 Å². The summed E-state index contributed by atoms with van der Waals surface area (Å²) in [5, 5.41) is 9.07. The highest BCUT2D eigenvalue weighted by Gasteiger charge is 2.55. The Labute approximate surface area is 285 Å². The molecule has 3 nitrogen and oxygen atoms in total. The van der Waals surface area contributed by atoms with E-state index in [4.69, 9.17) is 4.42 Å². The first kappa shape index (κ1) is 28.9. The van der Waals surface area contributed by atoms with E-state index >= 15 is 0 Å². The third-order valence-electron chi connectivity index (χ3n) is 12.7. The SMILES string of the molecule is CCCNC1CCC(c2ccc3c4c(oc3c2)C2C(C=C4)C2c2cccc(C3C=CC4=C3NC3CC=CC=C43)c2)CC1C1C=CC=CC1. The van der Waals surface area contributed by atoms with E-state index in [0.717, 1.165) is 18.5 Å². The molecule has 0 spiro atoms. The van der Waals surface area contributed by atoms with Crippen molar-refractivity contribution in [1.29, 1.82) is 0 Å². The van der Waals surface area contributed by atoms with Crippen molar-refractivity contribution in [2.45, 2.75) is 81.2 Å². The van der Waals surface area contributed by atoms with Gasteiger partial charge in [-0.05, 0) is 103 Å². The van der Waals surface area contributed by atoms with E-state index in [-0.39, 0.29) is 0 Å². The van der Waals surface area contributed by atoms with Crippen molar-refractivity contribution in [2.24, 2.45) is 17.8 Å². The fourth-order valence-corrected chi connectivity index (χ4v) is 10.3. The molecule has 2 fully saturated rings. The third-order valence-corrected chi connectivity index (χ3v) is 12.7. The van der Waals surface area contributed by atoms with Crippen LogP contribution in [0.1, 0.15) is 97.1 Å². The Morgan fingerprint density at radius 1 is 0.875 bits per heavy atom. The summed E-state index contributed by atoms with van der Waals surface area (Å²) in [6.07, 6.45) is 32.8. The van der Waals surface area contributed by atoms with E-state index in [1.165, 1.54) is 82.3 Å². The predicted octanol–water partition coefficient (Wildman–Crippen LogP) is 10.1. The lowest BCUT2D eigenvalue weighted by Crippen LogP contribution is -2.43. The molecule has 0 amide bonds. The second-order valence-electron chi connectivity index (χ2n) is 15.4. The molecule has 2 heterocycles. The third kappa shape index (κ3) is 4.65. The second kappa shape index (κ2) is 11.5. The minimum Gasteiger partial charge on any atom is -0.460 e. The average Bonchev–Trinajstić information content (AvgIpc) is 3.37. The fraction of sp³-hybridized carbons (Fsp3) is 0.378. The summed E-state index contributed by atoms with van der Waals surface area (Å²) in [5.74, 6) is 4.86. The first-order chi connectivity index (χ1) is 23.7. The standard InChI is InChI=1S/C45H46N2O/c1-2-23-46-39-22-16-28(25-38(39)27-9-4-3-5-10-27)29-15-17-34-36-20-21-37-42(43(37)45(36)48-41(34)26-29)31-12-8-11-30(24-31)32-18-19-35-33-13-6-7-14-40(33)47-44(32)35/h3-9,11-13,15,17-21,24,26-28,32,37-40,42-43,46-47H,2,10,14,16,22-23,25H2,1H3. The molecule has 3 aromatic rings.